The van der Waals surface area contributed by atoms with Gasteiger partial charge in [0.15, 0.2) is 5.78 Å². The van der Waals surface area contributed by atoms with Gasteiger partial charge in [-0.1, -0.05) is 11.6 Å². The first kappa shape index (κ1) is 11.5. The standard InChI is InChI=1S/C10H7ClN2O4/c11-8-3-6(1-2-9(8)13(16)17)12-5-7(14)4-10(12)15/h1-3H,4-5H2. The fourth-order valence-corrected chi connectivity index (χ4v) is 1.88. The number of ketones is 1. The Morgan fingerprint density at radius 3 is 2.53 bits per heavy atom. The second kappa shape index (κ2) is 4.14. The largest absolute Gasteiger partial charge is 0.305 e. The number of amides is 1. The molecule has 1 aromatic rings. The minimum atomic E-state index is -0.608. The van der Waals surface area contributed by atoms with E-state index in [1.54, 1.807) is 0 Å². The SMILES string of the molecule is O=C1CC(=O)N(c2ccc([N+](=O)[O-])c(Cl)c2)C1. The third kappa shape index (κ3) is 2.12. The zero-order valence-electron chi connectivity index (χ0n) is 8.55. The number of benzene rings is 1. The van der Waals surface area contributed by atoms with Crippen molar-refractivity contribution in [3.8, 4) is 0 Å². The quantitative estimate of drug-likeness (QED) is 0.456. The molecule has 0 radical (unpaired) electrons. The normalized spacial score (nSPS) is 15.5. The van der Waals surface area contributed by atoms with Crippen LogP contribution in [0, 0.1) is 10.1 Å². The molecule has 1 aliphatic rings. The maximum absolute atomic E-state index is 11.4. The summed E-state index contributed by atoms with van der Waals surface area (Å²) >= 11 is 5.72. The molecule has 0 aliphatic carbocycles. The molecule has 0 N–H and O–H groups in total. The molecule has 0 saturated carbocycles. The minimum absolute atomic E-state index is 0.00697. The number of carbonyl (C=O) groups is 2. The first-order valence-corrected chi connectivity index (χ1v) is 5.13. The van der Waals surface area contributed by atoms with E-state index in [1.165, 1.54) is 23.1 Å². The molecule has 1 heterocycles. The van der Waals surface area contributed by atoms with E-state index in [9.17, 15) is 19.7 Å². The molecule has 0 unspecified atom stereocenters. The number of Topliss-reactive ketones (excluding diaryl/α,β-unsaturated/α-hetero) is 1. The number of nitro benzene ring substituents is 1. The van der Waals surface area contributed by atoms with Gasteiger partial charge in [0.1, 0.15) is 5.02 Å². The molecule has 1 amide bonds. The number of hydrogen-bond acceptors (Lipinski definition) is 4. The van der Waals surface area contributed by atoms with Crippen LogP contribution in [-0.2, 0) is 9.59 Å². The third-order valence-electron chi connectivity index (χ3n) is 2.42. The van der Waals surface area contributed by atoms with Gasteiger partial charge in [0.05, 0.1) is 17.9 Å². The number of anilines is 1. The van der Waals surface area contributed by atoms with Crippen LogP contribution in [0.15, 0.2) is 18.2 Å². The lowest BCUT2D eigenvalue weighted by Gasteiger charge is -2.14. The van der Waals surface area contributed by atoms with Gasteiger partial charge in [0.2, 0.25) is 5.91 Å². The average molecular weight is 255 g/mol. The molecule has 6 nitrogen and oxygen atoms in total. The van der Waals surface area contributed by atoms with Crippen LogP contribution in [0.2, 0.25) is 5.02 Å². The Balaban J connectivity index is 2.35. The van der Waals surface area contributed by atoms with Crippen molar-refractivity contribution in [1.82, 2.24) is 0 Å². The lowest BCUT2D eigenvalue weighted by atomic mass is 10.2. The highest BCUT2D eigenvalue weighted by Gasteiger charge is 2.29. The van der Waals surface area contributed by atoms with Crippen molar-refractivity contribution in [2.24, 2.45) is 0 Å². The second-order valence-electron chi connectivity index (χ2n) is 3.59. The van der Waals surface area contributed by atoms with Gasteiger partial charge < -0.3 is 4.90 Å². The summed E-state index contributed by atoms with van der Waals surface area (Å²) in [7, 11) is 0. The fraction of sp³-hybridized carbons (Fsp3) is 0.200. The van der Waals surface area contributed by atoms with Crippen LogP contribution in [0.25, 0.3) is 0 Å². The van der Waals surface area contributed by atoms with Crippen LogP contribution < -0.4 is 4.90 Å². The van der Waals surface area contributed by atoms with Crippen molar-refractivity contribution in [2.75, 3.05) is 11.4 Å². The van der Waals surface area contributed by atoms with E-state index in [1.807, 2.05) is 0 Å². The van der Waals surface area contributed by atoms with E-state index < -0.39 is 4.92 Å². The maximum Gasteiger partial charge on any atom is 0.288 e. The van der Waals surface area contributed by atoms with Crippen molar-refractivity contribution in [1.29, 1.82) is 0 Å². The summed E-state index contributed by atoms with van der Waals surface area (Å²) in [6.07, 6.45) is -0.130. The molecule has 1 aliphatic heterocycles. The molecule has 2 rings (SSSR count). The molecule has 0 spiro atoms. The summed E-state index contributed by atoms with van der Waals surface area (Å²) in [5, 5.41) is 10.5. The molecular weight excluding hydrogens is 248 g/mol. The van der Waals surface area contributed by atoms with Gasteiger partial charge in [0, 0.05) is 11.8 Å². The summed E-state index contributed by atoms with van der Waals surface area (Å²) in [4.78, 5) is 33.7. The summed E-state index contributed by atoms with van der Waals surface area (Å²) in [5.74, 6) is -0.496. The molecule has 88 valence electrons. The number of nitro groups is 1. The summed E-state index contributed by atoms with van der Waals surface area (Å²) < 4.78 is 0. The van der Waals surface area contributed by atoms with E-state index in [4.69, 9.17) is 11.6 Å². The summed E-state index contributed by atoms with van der Waals surface area (Å²) in [5.41, 5.74) is 0.171. The first-order valence-electron chi connectivity index (χ1n) is 4.75. The topological polar surface area (TPSA) is 80.5 Å². The molecule has 17 heavy (non-hydrogen) atoms. The molecular formula is C10H7ClN2O4. The fourth-order valence-electron chi connectivity index (χ4n) is 1.63. The lowest BCUT2D eigenvalue weighted by molar-refractivity contribution is -0.384. The average Bonchev–Trinajstić information content (AvgIpc) is 2.57. The van der Waals surface area contributed by atoms with Gasteiger partial charge >= 0.3 is 0 Å². The number of rotatable bonds is 2. The molecule has 0 aromatic heterocycles. The van der Waals surface area contributed by atoms with Crippen molar-refractivity contribution in [2.45, 2.75) is 6.42 Å². The van der Waals surface area contributed by atoms with Crippen LogP contribution >= 0.6 is 11.6 Å². The van der Waals surface area contributed by atoms with Crippen LogP contribution in [-0.4, -0.2) is 23.2 Å². The van der Waals surface area contributed by atoms with E-state index >= 15 is 0 Å². The Morgan fingerprint density at radius 1 is 1.35 bits per heavy atom. The lowest BCUT2D eigenvalue weighted by Crippen LogP contribution is -2.24. The molecule has 0 bridgehead atoms. The summed E-state index contributed by atoms with van der Waals surface area (Å²) in [6.45, 7) is -0.00697. The Kier molecular flexibility index (Phi) is 2.81. The van der Waals surface area contributed by atoms with Crippen molar-refractivity contribution in [3.63, 3.8) is 0 Å². The van der Waals surface area contributed by atoms with Crippen molar-refractivity contribution < 1.29 is 14.5 Å². The van der Waals surface area contributed by atoms with Gasteiger partial charge in [-0.2, -0.15) is 0 Å². The highest BCUT2D eigenvalue weighted by molar-refractivity contribution is 6.33. The zero-order valence-corrected chi connectivity index (χ0v) is 9.31. The smallest absolute Gasteiger partial charge is 0.288 e. The van der Waals surface area contributed by atoms with E-state index in [-0.39, 0.29) is 35.4 Å². The third-order valence-corrected chi connectivity index (χ3v) is 2.73. The van der Waals surface area contributed by atoms with Crippen molar-refractivity contribution in [3.05, 3.63) is 33.3 Å². The van der Waals surface area contributed by atoms with E-state index in [2.05, 4.69) is 0 Å². The molecule has 1 aromatic carbocycles. The van der Waals surface area contributed by atoms with Gasteiger partial charge in [-0.25, -0.2) is 0 Å². The van der Waals surface area contributed by atoms with Crippen LogP contribution in [0.4, 0.5) is 11.4 Å². The first-order chi connectivity index (χ1) is 7.99. The molecule has 0 atom stereocenters. The molecule has 1 fully saturated rings. The predicted molar refractivity (Wildman–Crippen MR) is 60.1 cm³/mol. The Morgan fingerprint density at radius 2 is 2.06 bits per heavy atom. The van der Waals surface area contributed by atoms with E-state index in [0.717, 1.165) is 0 Å². The van der Waals surface area contributed by atoms with Crippen LogP contribution in [0.1, 0.15) is 6.42 Å². The zero-order chi connectivity index (χ0) is 12.6. The Bertz CT molecular complexity index is 529. The monoisotopic (exact) mass is 254 g/mol. The van der Waals surface area contributed by atoms with Gasteiger partial charge in [-0.05, 0) is 12.1 Å². The predicted octanol–water partition coefficient (Wildman–Crippen LogP) is 1.55. The number of carbonyl (C=O) groups excluding carboxylic acids is 2. The second-order valence-corrected chi connectivity index (χ2v) is 4.00. The van der Waals surface area contributed by atoms with E-state index in [0.29, 0.717) is 5.69 Å². The number of halogens is 1. The maximum atomic E-state index is 11.4. The van der Waals surface area contributed by atoms with Gasteiger partial charge in [0.25, 0.3) is 5.69 Å². The highest BCUT2D eigenvalue weighted by Crippen LogP contribution is 2.30. The Labute approximate surface area is 101 Å². The van der Waals surface area contributed by atoms with Crippen LogP contribution in [0.5, 0.6) is 0 Å². The van der Waals surface area contributed by atoms with Gasteiger partial charge in [-0.15, -0.1) is 0 Å². The number of hydrogen-bond donors (Lipinski definition) is 0. The Hall–Kier alpha value is -1.95. The molecule has 7 heteroatoms. The highest BCUT2D eigenvalue weighted by atomic mass is 35.5. The molecule has 1 saturated heterocycles. The number of nitrogens with zero attached hydrogens (tertiary/aromatic N) is 2. The van der Waals surface area contributed by atoms with Crippen LogP contribution in [0.3, 0.4) is 0 Å². The van der Waals surface area contributed by atoms with Gasteiger partial charge in [-0.3, -0.25) is 19.7 Å². The van der Waals surface area contributed by atoms with Crippen molar-refractivity contribution >= 4 is 34.7 Å². The summed E-state index contributed by atoms with van der Waals surface area (Å²) in [6, 6.07) is 3.93. The minimum Gasteiger partial charge on any atom is -0.305 e.